The average Bonchev–Trinajstić information content (AvgIpc) is 2.39. The van der Waals surface area contributed by atoms with Crippen LogP contribution < -0.4 is 0 Å². The summed E-state index contributed by atoms with van der Waals surface area (Å²) in [6.45, 7) is 9.52. The molecule has 0 saturated carbocycles. The van der Waals surface area contributed by atoms with Crippen molar-refractivity contribution in [2.24, 2.45) is 5.92 Å². The number of rotatable bonds is 4. The van der Waals surface area contributed by atoms with Gasteiger partial charge in [0.1, 0.15) is 0 Å². The molecule has 1 heterocycles. The topological polar surface area (TPSA) is 22.0 Å². The standard InChI is InChI=1S/C12H19NO/c1-9(2)5-6-13-10(3)7-12(8-14)11(13)4/h7-9H,5-6H2,1-4H3. The minimum atomic E-state index is 0.705. The van der Waals surface area contributed by atoms with Crippen LogP contribution in [0.1, 0.15) is 42.0 Å². The molecule has 0 radical (unpaired) electrons. The molecule has 0 aliphatic rings. The molecule has 0 spiro atoms. The number of hydrogen-bond acceptors (Lipinski definition) is 1. The monoisotopic (exact) mass is 193 g/mol. The van der Waals surface area contributed by atoms with Crippen molar-refractivity contribution in [3.63, 3.8) is 0 Å². The van der Waals surface area contributed by atoms with Gasteiger partial charge < -0.3 is 4.57 Å². The smallest absolute Gasteiger partial charge is 0.151 e. The van der Waals surface area contributed by atoms with Gasteiger partial charge in [0.25, 0.3) is 0 Å². The van der Waals surface area contributed by atoms with Crippen LogP contribution in [0, 0.1) is 19.8 Å². The molecule has 1 aromatic rings. The summed E-state index contributed by atoms with van der Waals surface area (Å²) in [5, 5.41) is 0. The predicted octanol–water partition coefficient (Wildman–Crippen LogP) is 2.96. The maximum absolute atomic E-state index is 10.7. The van der Waals surface area contributed by atoms with Crippen LogP contribution in [0.2, 0.25) is 0 Å². The van der Waals surface area contributed by atoms with Crippen LogP contribution in [-0.4, -0.2) is 10.9 Å². The molecule has 0 aliphatic carbocycles. The summed E-state index contributed by atoms with van der Waals surface area (Å²) < 4.78 is 2.23. The molecule has 0 unspecified atom stereocenters. The van der Waals surface area contributed by atoms with Gasteiger partial charge in [-0.15, -0.1) is 0 Å². The van der Waals surface area contributed by atoms with Gasteiger partial charge in [0.15, 0.2) is 6.29 Å². The Bertz CT molecular complexity index is 323. The third-order valence-electron chi connectivity index (χ3n) is 2.67. The quantitative estimate of drug-likeness (QED) is 0.674. The molecule has 1 rings (SSSR count). The Kier molecular flexibility index (Phi) is 3.50. The third kappa shape index (κ3) is 2.25. The minimum absolute atomic E-state index is 0.705. The second-order valence-electron chi connectivity index (χ2n) is 4.28. The van der Waals surface area contributed by atoms with E-state index in [0.717, 1.165) is 30.5 Å². The summed E-state index contributed by atoms with van der Waals surface area (Å²) in [7, 11) is 0. The predicted molar refractivity (Wildman–Crippen MR) is 58.7 cm³/mol. The van der Waals surface area contributed by atoms with E-state index in [0.29, 0.717) is 5.92 Å². The van der Waals surface area contributed by atoms with Gasteiger partial charge in [0.05, 0.1) is 0 Å². The summed E-state index contributed by atoms with van der Waals surface area (Å²) in [5.74, 6) is 0.705. The lowest BCUT2D eigenvalue weighted by Crippen LogP contribution is -2.05. The molecule has 14 heavy (non-hydrogen) atoms. The van der Waals surface area contributed by atoms with Gasteiger partial charge in [-0.3, -0.25) is 4.79 Å². The maximum atomic E-state index is 10.7. The van der Waals surface area contributed by atoms with Crippen molar-refractivity contribution < 1.29 is 4.79 Å². The first-order valence-electron chi connectivity index (χ1n) is 5.18. The lowest BCUT2D eigenvalue weighted by Gasteiger charge is -2.10. The van der Waals surface area contributed by atoms with E-state index in [2.05, 4.69) is 25.3 Å². The summed E-state index contributed by atoms with van der Waals surface area (Å²) in [5.41, 5.74) is 3.11. The number of carbonyl (C=O) groups is 1. The fourth-order valence-corrected chi connectivity index (χ4v) is 1.68. The number of hydrogen-bond donors (Lipinski definition) is 0. The molecule has 0 aromatic carbocycles. The molecule has 2 nitrogen and oxygen atoms in total. The van der Waals surface area contributed by atoms with Crippen molar-refractivity contribution in [3.05, 3.63) is 23.0 Å². The highest BCUT2D eigenvalue weighted by Gasteiger charge is 2.07. The van der Waals surface area contributed by atoms with Crippen LogP contribution in [0.3, 0.4) is 0 Å². The first-order chi connectivity index (χ1) is 6.56. The minimum Gasteiger partial charge on any atom is -0.348 e. The maximum Gasteiger partial charge on any atom is 0.151 e. The van der Waals surface area contributed by atoms with Gasteiger partial charge in [0.2, 0.25) is 0 Å². The van der Waals surface area contributed by atoms with Gasteiger partial charge in [0, 0.05) is 23.5 Å². The normalized spacial score (nSPS) is 10.9. The molecule has 0 fully saturated rings. The lowest BCUT2D eigenvalue weighted by molar-refractivity contribution is 0.112. The summed E-state index contributed by atoms with van der Waals surface area (Å²) in [4.78, 5) is 10.7. The SMILES string of the molecule is Cc1cc(C=O)c(C)n1CCC(C)C. The van der Waals surface area contributed by atoms with Crippen molar-refractivity contribution in [2.45, 2.75) is 40.7 Å². The van der Waals surface area contributed by atoms with Gasteiger partial charge >= 0.3 is 0 Å². The van der Waals surface area contributed by atoms with Crippen molar-refractivity contribution in [1.82, 2.24) is 4.57 Å². The zero-order chi connectivity index (χ0) is 10.7. The van der Waals surface area contributed by atoms with Gasteiger partial charge in [-0.1, -0.05) is 13.8 Å². The van der Waals surface area contributed by atoms with Crippen molar-refractivity contribution in [3.8, 4) is 0 Å². The molecule has 0 aliphatic heterocycles. The average molecular weight is 193 g/mol. The van der Waals surface area contributed by atoms with Crippen LogP contribution in [0.15, 0.2) is 6.07 Å². The Morgan fingerprint density at radius 3 is 2.50 bits per heavy atom. The fourth-order valence-electron chi connectivity index (χ4n) is 1.68. The molecule has 0 N–H and O–H groups in total. The van der Waals surface area contributed by atoms with Crippen molar-refractivity contribution >= 4 is 6.29 Å². The molecule has 0 atom stereocenters. The van der Waals surface area contributed by atoms with Crippen LogP contribution >= 0.6 is 0 Å². The Balaban J connectivity index is 2.85. The molecule has 78 valence electrons. The van der Waals surface area contributed by atoms with Gasteiger partial charge in [-0.2, -0.15) is 0 Å². The first-order valence-corrected chi connectivity index (χ1v) is 5.18. The Labute approximate surface area is 85.9 Å². The first kappa shape index (κ1) is 11.0. The molecule has 0 amide bonds. The lowest BCUT2D eigenvalue weighted by atomic mass is 10.1. The van der Waals surface area contributed by atoms with E-state index >= 15 is 0 Å². The Hall–Kier alpha value is -1.05. The Morgan fingerprint density at radius 2 is 2.07 bits per heavy atom. The van der Waals surface area contributed by atoms with Crippen LogP contribution in [0.25, 0.3) is 0 Å². The number of aldehydes is 1. The number of aryl methyl sites for hydroxylation is 1. The molecule has 1 aromatic heterocycles. The van der Waals surface area contributed by atoms with Crippen molar-refractivity contribution in [1.29, 1.82) is 0 Å². The van der Waals surface area contributed by atoms with E-state index in [1.54, 1.807) is 0 Å². The molecular weight excluding hydrogens is 174 g/mol. The largest absolute Gasteiger partial charge is 0.348 e. The molecule has 0 bridgehead atoms. The molecular formula is C12H19NO. The summed E-state index contributed by atoms with van der Waals surface area (Å²) >= 11 is 0. The van der Waals surface area contributed by atoms with Crippen molar-refractivity contribution in [2.75, 3.05) is 0 Å². The number of aromatic nitrogens is 1. The molecule has 0 saturated heterocycles. The second-order valence-corrected chi connectivity index (χ2v) is 4.28. The van der Waals surface area contributed by atoms with E-state index in [1.165, 1.54) is 5.69 Å². The van der Waals surface area contributed by atoms with E-state index in [1.807, 2.05) is 13.0 Å². The van der Waals surface area contributed by atoms with Gasteiger partial charge in [-0.05, 0) is 32.3 Å². The fraction of sp³-hybridized carbons (Fsp3) is 0.583. The van der Waals surface area contributed by atoms with Gasteiger partial charge in [-0.25, -0.2) is 0 Å². The molecule has 2 heteroatoms. The van der Waals surface area contributed by atoms with E-state index < -0.39 is 0 Å². The van der Waals surface area contributed by atoms with Crippen LogP contribution in [-0.2, 0) is 6.54 Å². The van der Waals surface area contributed by atoms with E-state index in [9.17, 15) is 4.79 Å². The zero-order valence-corrected chi connectivity index (χ0v) is 9.50. The Morgan fingerprint density at radius 1 is 1.43 bits per heavy atom. The highest BCUT2D eigenvalue weighted by atomic mass is 16.1. The number of nitrogens with zero attached hydrogens (tertiary/aromatic N) is 1. The summed E-state index contributed by atoms with van der Waals surface area (Å²) in [6, 6.07) is 1.96. The highest BCUT2D eigenvalue weighted by Crippen LogP contribution is 2.15. The van der Waals surface area contributed by atoms with Crippen LogP contribution in [0.5, 0.6) is 0 Å². The number of carbonyl (C=O) groups excluding carboxylic acids is 1. The second kappa shape index (κ2) is 4.45. The zero-order valence-electron chi connectivity index (χ0n) is 9.50. The highest BCUT2D eigenvalue weighted by molar-refractivity contribution is 5.77. The van der Waals surface area contributed by atoms with Crippen LogP contribution in [0.4, 0.5) is 0 Å². The van der Waals surface area contributed by atoms with E-state index in [-0.39, 0.29) is 0 Å². The summed E-state index contributed by atoms with van der Waals surface area (Å²) in [6.07, 6.45) is 2.10. The third-order valence-corrected chi connectivity index (χ3v) is 2.67. The van der Waals surface area contributed by atoms with E-state index in [4.69, 9.17) is 0 Å².